The van der Waals surface area contributed by atoms with Crippen LogP contribution in [-0.2, 0) is 22.7 Å². The third-order valence-electron chi connectivity index (χ3n) is 4.97. The molecule has 0 aliphatic heterocycles. The second-order valence-corrected chi connectivity index (χ2v) is 6.13. The SMILES string of the molecule is CCn1cc(CNC(=O)[C@@H]2[C@@H]3CC[C@@H](C3)[C@@H]2C(=O)[O-])cn1. The lowest BCUT2D eigenvalue weighted by Crippen LogP contribution is -2.45. The van der Waals surface area contributed by atoms with Gasteiger partial charge in [-0.25, -0.2) is 0 Å². The number of hydrogen-bond acceptors (Lipinski definition) is 4. The molecule has 2 fully saturated rings. The zero-order valence-electron chi connectivity index (χ0n) is 12.1. The van der Waals surface area contributed by atoms with Gasteiger partial charge in [-0.2, -0.15) is 5.10 Å². The van der Waals surface area contributed by atoms with Crippen molar-refractivity contribution < 1.29 is 14.7 Å². The van der Waals surface area contributed by atoms with Gasteiger partial charge in [-0.15, -0.1) is 0 Å². The lowest BCUT2D eigenvalue weighted by atomic mass is 9.78. The van der Waals surface area contributed by atoms with Crippen LogP contribution in [0.3, 0.4) is 0 Å². The average molecular weight is 290 g/mol. The molecule has 4 atom stereocenters. The van der Waals surface area contributed by atoms with E-state index in [1.165, 1.54) is 0 Å². The van der Waals surface area contributed by atoms with Crippen molar-refractivity contribution in [2.45, 2.75) is 39.3 Å². The van der Waals surface area contributed by atoms with E-state index in [1.54, 1.807) is 10.9 Å². The van der Waals surface area contributed by atoms with Crippen LogP contribution in [0.1, 0.15) is 31.7 Å². The molecule has 114 valence electrons. The minimum atomic E-state index is -1.07. The number of aliphatic carboxylic acids is 1. The molecule has 2 aliphatic rings. The first-order valence-electron chi connectivity index (χ1n) is 7.60. The van der Waals surface area contributed by atoms with Crippen LogP contribution in [0, 0.1) is 23.7 Å². The number of aromatic nitrogens is 2. The van der Waals surface area contributed by atoms with Gasteiger partial charge in [-0.3, -0.25) is 9.48 Å². The molecule has 0 radical (unpaired) electrons. The van der Waals surface area contributed by atoms with Crippen molar-refractivity contribution in [3.05, 3.63) is 18.0 Å². The Kier molecular flexibility index (Phi) is 3.69. The molecule has 2 aliphatic carbocycles. The van der Waals surface area contributed by atoms with Gasteiger partial charge in [0.05, 0.1) is 6.20 Å². The molecule has 2 bridgehead atoms. The van der Waals surface area contributed by atoms with Gasteiger partial charge < -0.3 is 15.2 Å². The van der Waals surface area contributed by atoms with Crippen LogP contribution in [0.4, 0.5) is 0 Å². The van der Waals surface area contributed by atoms with Crippen molar-refractivity contribution in [1.29, 1.82) is 0 Å². The summed E-state index contributed by atoms with van der Waals surface area (Å²) in [5.74, 6) is -1.92. The average Bonchev–Trinajstić information content (AvgIpc) is 3.18. The highest BCUT2D eigenvalue weighted by atomic mass is 16.4. The topological polar surface area (TPSA) is 87.0 Å². The molecule has 1 N–H and O–H groups in total. The maximum Gasteiger partial charge on any atom is 0.224 e. The van der Waals surface area contributed by atoms with Gasteiger partial charge in [0.25, 0.3) is 0 Å². The fourth-order valence-electron chi connectivity index (χ4n) is 3.99. The van der Waals surface area contributed by atoms with E-state index in [9.17, 15) is 14.7 Å². The maximum atomic E-state index is 12.4. The number of nitrogens with one attached hydrogen (secondary N) is 1. The van der Waals surface area contributed by atoms with Gasteiger partial charge in [-0.05, 0) is 38.0 Å². The predicted molar refractivity (Wildman–Crippen MR) is 72.6 cm³/mol. The van der Waals surface area contributed by atoms with Gasteiger partial charge in [0.15, 0.2) is 0 Å². The molecule has 1 heterocycles. The molecule has 1 aromatic rings. The van der Waals surface area contributed by atoms with Crippen LogP contribution < -0.4 is 10.4 Å². The molecular weight excluding hydrogens is 270 g/mol. The van der Waals surface area contributed by atoms with Crippen molar-refractivity contribution >= 4 is 11.9 Å². The second kappa shape index (κ2) is 5.50. The molecule has 0 saturated heterocycles. The van der Waals surface area contributed by atoms with Gasteiger partial charge in [0, 0.05) is 42.7 Å². The van der Waals surface area contributed by atoms with Crippen LogP contribution in [0.5, 0.6) is 0 Å². The standard InChI is InChI=1S/C15H21N3O3/c1-2-18-8-9(7-17-18)6-16-14(19)12-10-3-4-11(5-10)13(12)15(20)21/h7-8,10-13H,2-6H2,1H3,(H,16,19)(H,20,21)/p-1/t10-,11+,12-,13+/m1/s1. The highest BCUT2D eigenvalue weighted by Gasteiger charge is 2.51. The first-order valence-corrected chi connectivity index (χ1v) is 7.60. The zero-order valence-corrected chi connectivity index (χ0v) is 12.1. The van der Waals surface area contributed by atoms with E-state index in [1.807, 2.05) is 13.1 Å². The Morgan fingerprint density at radius 3 is 2.71 bits per heavy atom. The summed E-state index contributed by atoms with van der Waals surface area (Å²) in [6.45, 7) is 3.18. The molecule has 6 nitrogen and oxygen atoms in total. The smallest absolute Gasteiger partial charge is 0.224 e. The monoisotopic (exact) mass is 290 g/mol. The number of carbonyl (C=O) groups is 2. The fraction of sp³-hybridized carbons (Fsp3) is 0.667. The Bertz CT molecular complexity index is 554. The Morgan fingerprint density at radius 1 is 1.38 bits per heavy atom. The molecule has 0 aromatic carbocycles. The first-order chi connectivity index (χ1) is 10.1. The lowest BCUT2D eigenvalue weighted by Gasteiger charge is -2.30. The van der Waals surface area contributed by atoms with Crippen LogP contribution in [-0.4, -0.2) is 21.7 Å². The minimum Gasteiger partial charge on any atom is -0.550 e. The van der Waals surface area contributed by atoms with Crippen molar-refractivity contribution in [2.24, 2.45) is 23.7 Å². The number of rotatable bonds is 5. The second-order valence-electron chi connectivity index (χ2n) is 6.13. The van der Waals surface area contributed by atoms with E-state index in [0.29, 0.717) is 6.54 Å². The van der Waals surface area contributed by atoms with Crippen molar-refractivity contribution in [2.75, 3.05) is 0 Å². The number of carboxylic acids is 1. The lowest BCUT2D eigenvalue weighted by molar-refractivity contribution is -0.314. The van der Waals surface area contributed by atoms with E-state index in [0.717, 1.165) is 31.4 Å². The highest BCUT2D eigenvalue weighted by molar-refractivity contribution is 5.85. The van der Waals surface area contributed by atoms with Crippen molar-refractivity contribution in [3.63, 3.8) is 0 Å². The number of carbonyl (C=O) groups excluding carboxylic acids is 2. The van der Waals surface area contributed by atoms with E-state index in [4.69, 9.17) is 0 Å². The highest BCUT2D eigenvalue weighted by Crippen LogP contribution is 2.52. The number of amides is 1. The quantitative estimate of drug-likeness (QED) is 0.822. The Morgan fingerprint density at radius 2 is 2.10 bits per heavy atom. The van der Waals surface area contributed by atoms with Crippen LogP contribution >= 0.6 is 0 Å². The third kappa shape index (κ3) is 2.54. The third-order valence-corrected chi connectivity index (χ3v) is 4.97. The summed E-state index contributed by atoms with van der Waals surface area (Å²) in [6.07, 6.45) is 6.33. The van der Waals surface area contributed by atoms with Gasteiger partial charge in [-0.1, -0.05) is 0 Å². The molecule has 6 heteroatoms. The summed E-state index contributed by atoms with van der Waals surface area (Å²) in [7, 11) is 0. The van der Waals surface area contributed by atoms with Crippen LogP contribution in [0.25, 0.3) is 0 Å². The molecule has 1 amide bonds. The molecule has 2 saturated carbocycles. The van der Waals surface area contributed by atoms with Crippen LogP contribution in [0.15, 0.2) is 12.4 Å². The predicted octanol–water partition coefficient (Wildman–Crippen LogP) is -0.0686. The molecule has 0 spiro atoms. The van der Waals surface area contributed by atoms with Crippen molar-refractivity contribution in [3.8, 4) is 0 Å². The summed E-state index contributed by atoms with van der Waals surface area (Å²) < 4.78 is 1.79. The van der Waals surface area contributed by atoms with E-state index < -0.39 is 17.8 Å². The number of hydrogen-bond donors (Lipinski definition) is 1. The molecule has 3 rings (SSSR count). The molecule has 0 unspecified atom stereocenters. The maximum absolute atomic E-state index is 12.4. The summed E-state index contributed by atoms with van der Waals surface area (Å²) >= 11 is 0. The van der Waals surface area contributed by atoms with E-state index >= 15 is 0 Å². The Balaban J connectivity index is 1.63. The summed E-state index contributed by atoms with van der Waals surface area (Å²) in [6, 6.07) is 0. The van der Waals surface area contributed by atoms with Gasteiger partial charge >= 0.3 is 0 Å². The Labute approximate surface area is 123 Å². The number of fused-ring (bicyclic) bond motifs is 2. The Hall–Kier alpha value is -1.85. The number of carboxylic acid groups (broad SMARTS) is 1. The summed E-state index contributed by atoms with van der Waals surface area (Å²) in [5.41, 5.74) is 0.929. The fourth-order valence-corrected chi connectivity index (χ4v) is 3.99. The molecule has 1 aromatic heterocycles. The number of aryl methyl sites for hydroxylation is 1. The first kappa shape index (κ1) is 14.1. The largest absolute Gasteiger partial charge is 0.550 e. The van der Waals surface area contributed by atoms with E-state index in [2.05, 4.69) is 10.4 Å². The van der Waals surface area contributed by atoms with Crippen LogP contribution in [0.2, 0.25) is 0 Å². The summed E-state index contributed by atoms with van der Waals surface area (Å²) in [4.78, 5) is 23.7. The van der Waals surface area contributed by atoms with Crippen molar-refractivity contribution in [1.82, 2.24) is 15.1 Å². The summed E-state index contributed by atoms with van der Waals surface area (Å²) in [5, 5.41) is 18.3. The van der Waals surface area contributed by atoms with E-state index in [-0.39, 0.29) is 17.7 Å². The normalized spacial score (nSPS) is 30.5. The van der Waals surface area contributed by atoms with Gasteiger partial charge in [0.2, 0.25) is 5.91 Å². The number of nitrogens with zero attached hydrogens (tertiary/aromatic N) is 2. The zero-order chi connectivity index (χ0) is 15.0. The molecule has 21 heavy (non-hydrogen) atoms. The minimum absolute atomic E-state index is 0.124. The molecular formula is C15H20N3O3-. The van der Waals surface area contributed by atoms with Gasteiger partial charge in [0.1, 0.15) is 0 Å².